The van der Waals surface area contributed by atoms with Crippen LogP contribution >= 0.6 is 0 Å². The molecule has 17 heavy (non-hydrogen) atoms. The summed E-state index contributed by atoms with van der Waals surface area (Å²) in [5.74, 6) is -0.479. The van der Waals surface area contributed by atoms with Gasteiger partial charge in [0.15, 0.2) is 0 Å². The standard InChI is InChI=1S/C13H19FN2O/c1-8(2)6-9(3)16-13(17)11-7-10(15)4-5-12(11)14/h4-5,7-9H,6,15H2,1-3H3,(H,16,17). The van der Waals surface area contributed by atoms with Crippen LogP contribution in [0.3, 0.4) is 0 Å². The second kappa shape index (κ2) is 5.66. The molecule has 0 fully saturated rings. The average Bonchev–Trinajstić information content (AvgIpc) is 2.20. The third-order valence-corrected chi connectivity index (χ3v) is 2.44. The van der Waals surface area contributed by atoms with Gasteiger partial charge in [-0.25, -0.2) is 4.39 Å². The van der Waals surface area contributed by atoms with Gasteiger partial charge in [-0.2, -0.15) is 0 Å². The predicted molar refractivity (Wildman–Crippen MR) is 67.2 cm³/mol. The molecule has 1 rings (SSSR count). The summed E-state index contributed by atoms with van der Waals surface area (Å²) >= 11 is 0. The van der Waals surface area contributed by atoms with E-state index in [2.05, 4.69) is 19.2 Å². The van der Waals surface area contributed by atoms with E-state index in [4.69, 9.17) is 5.73 Å². The molecule has 0 aliphatic heterocycles. The van der Waals surface area contributed by atoms with Crippen LogP contribution in [0.5, 0.6) is 0 Å². The lowest BCUT2D eigenvalue weighted by atomic mass is 10.0. The molecule has 1 atom stereocenters. The van der Waals surface area contributed by atoms with E-state index in [-0.39, 0.29) is 11.6 Å². The second-order valence-corrected chi connectivity index (χ2v) is 4.74. The third-order valence-electron chi connectivity index (χ3n) is 2.44. The zero-order valence-electron chi connectivity index (χ0n) is 10.5. The fourth-order valence-corrected chi connectivity index (χ4v) is 1.78. The van der Waals surface area contributed by atoms with Crippen LogP contribution < -0.4 is 11.1 Å². The smallest absolute Gasteiger partial charge is 0.254 e. The molecule has 94 valence electrons. The maximum absolute atomic E-state index is 13.4. The van der Waals surface area contributed by atoms with Crippen molar-refractivity contribution in [2.45, 2.75) is 33.2 Å². The SMILES string of the molecule is CC(C)CC(C)NC(=O)c1cc(N)ccc1F. The number of nitrogen functional groups attached to an aromatic ring is 1. The van der Waals surface area contributed by atoms with E-state index in [1.54, 1.807) is 0 Å². The van der Waals surface area contributed by atoms with E-state index in [1.807, 2.05) is 6.92 Å². The van der Waals surface area contributed by atoms with Crippen LogP contribution in [0.15, 0.2) is 18.2 Å². The number of nitrogens with two attached hydrogens (primary N) is 1. The van der Waals surface area contributed by atoms with Crippen molar-refractivity contribution in [1.29, 1.82) is 0 Å². The highest BCUT2D eigenvalue weighted by Crippen LogP contribution is 2.13. The van der Waals surface area contributed by atoms with Crippen molar-refractivity contribution in [3.8, 4) is 0 Å². The lowest BCUT2D eigenvalue weighted by Crippen LogP contribution is -2.34. The van der Waals surface area contributed by atoms with Crippen LogP contribution in [0.1, 0.15) is 37.6 Å². The summed E-state index contributed by atoms with van der Waals surface area (Å²) in [6.07, 6.45) is 0.857. The molecule has 0 radical (unpaired) electrons. The Morgan fingerprint density at radius 3 is 2.65 bits per heavy atom. The van der Waals surface area contributed by atoms with Crippen LogP contribution in [-0.4, -0.2) is 11.9 Å². The lowest BCUT2D eigenvalue weighted by Gasteiger charge is -2.16. The van der Waals surface area contributed by atoms with Crippen molar-refractivity contribution < 1.29 is 9.18 Å². The van der Waals surface area contributed by atoms with Crippen LogP contribution in [0, 0.1) is 11.7 Å². The summed E-state index contributed by atoms with van der Waals surface area (Å²) in [4.78, 5) is 11.8. The fraction of sp³-hybridized carbons (Fsp3) is 0.462. The van der Waals surface area contributed by atoms with E-state index in [0.29, 0.717) is 11.6 Å². The third kappa shape index (κ3) is 4.06. The normalized spacial score (nSPS) is 12.5. The van der Waals surface area contributed by atoms with Crippen molar-refractivity contribution in [2.75, 3.05) is 5.73 Å². The van der Waals surface area contributed by atoms with Gasteiger partial charge in [-0.05, 0) is 37.5 Å². The molecule has 0 spiro atoms. The maximum Gasteiger partial charge on any atom is 0.254 e. The van der Waals surface area contributed by atoms with Crippen molar-refractivity contribution in [1.82, 2.24) is 5.32 Å². The molecule has 1 amide bonds. The van der Waals surface area contributed by atoms with Gasteiger partial charge in [-0.3, -0.25) is 4.79 Å². The first kappa shape index (κ1) is 13.5. The van der Waals surface area contributed by atoms with E-state index < -0.39 is 11.7 Å². The summed E-state index contributed by atoms with van der Waals surface area (Å²) in [5, 5.41) is 2.76. The Hall–Kier alpha value is -1.58. The summed E-state index contributed by atoms with van der Waals surface area (Å²) in [6.45, 7) is 6.05. The highest BCUT2D eigenvalue weighted by molar-refractivity contribution is 5.95. The zero-order chi connectivity index (χ0) is 13.0. The molecule has 4 heteroatoms. The van der Waals surface area contributed by atoms with Gasteiger partial charge < -0.3 is 11.1 Å². The van der Waals surface area contributed by atoms with Crippen LogP contribution in [0.4, 0.5) is 10.1 Å². The molecule has 3 nitrogen and oxygen atoms in total. The largest absolute Gasteiger partial charge is 0.399 e. The van der Waals surface area contributed by atoms with Crippen LogP contribution in [0.25, 0.3) is 0 Å². The van der Waals surface area contributed by atoms with Gasteiger partial charge in [0, 0.05) is 11.7 Å². The van der Waals surface area contributed by atoms with Gasteiger partial charge in [0.2, 0.25) is 0 Å². The second-order valence-electron chi connectivity index (χ2n) is 4.74. The number of amides is 1. The molecule has 0 saturated carbocycles. The Bertz CT molecular complexity index is 404. The summed E-state index contributed by atoms with van der Waals surface area (Å²) in [6, 6.07) is 4.01. The summed E-state index contributed by atoms with van der Waals surface area (Å²) in [7, 11) is 0. The highest BCUT2D eigenvalue weighted by atomic mass is 19.1. The van der Waals surface area contributed by atoms with E-state index in [0.717, 1.165) is 6.42 Å². The lowest BCUT2D eigenvalue weighted by molar-refractivity contribution is 0.0932. The summed E-state index contributed by atoms with van der Waals surface area (Å²) < 4.78 is 13.4. The Morgan fingerprint density at radius 2 is 2.06 bits per heavy atom. The minimum atomic E-state index is -0.548. The molecule has 3 N–H and O–H groups in total. The zero-order valence-corrected chi connectivity index (χ0v) is 10.5. The number of nitrogens with one attached hydrogen (secondary N) is 1. The molecule has 0 heterocycles. The average molecular weight is 238 g/mol. The predicted octanol–water partition coefficient (Wildman–Crippen LogP) is 2.57. The number of hydrogen-bond acceptors (Lipinski definition) is 2. The van der Waals surface area contributed by atoms with E-state index in [1.165, 1.54) is 18.2 Å². The van der Waals surface area contributed by atoms with Gasteiger partial charge in [0.05, 0.1) is 5.56 Å². The highest BCUT2D eigenvalue weighted by Gasteiger charge is 2.14. The molecular formula is C13H19FN2O. The first-order chi connectivity index (χ1) is 7.90. The van der Waals surface area contributed by atoms with Gasteiger partial charge in [-0.15, -0.1) is 0 Å². The van der Waals surface area contributed by atoms with Gasteiger partial charge in [-0.1, -0.05) is 13.8 Å². The molecule has 1 unspecified atom stereocenters. The van der Waals surface area contributed by atoms with Gasteiger partial charge in [0.1, 0.15) is 5.82 Å². The van der Waals surface area contributed by atoms with Crippen molar-refractivity contribution in [3.63, 3.8) is 0 Å². The van der Waals surface area contributed by atoms with Crippen molar-refractivity contribution in [2.24, 2.45) is 5.92 Å². The van der Waals surface area contributed by atoms with Crippen LogP contribution in [0.2, 0.25) is 0 Å². The molecular weight excluding hydrogens is 219 g/mol. The Labute approximate surface area is 101 Å². The first-order valence-corrected chi connectivity index (χ1v) is 5.76. The van der Waals surface area contributed by atoms with Crippen molar-refractivity contribution in [3.05, 3.63) is 29.6 Å². The van der Waals surface area contributed by atoms with E-state index >= 15 is 0 Å². The number of halogens is 1. The monoisotopic (exact) mass is 238 g/mol. The topological polar surface area (TPSA) is 55.1 Å². The van der Waals surface area contributed by atoms with Crippen molar-refractivity contribution >= 4 is 11.6 Å². The Balaban J connectivity index is 2.73. The molecule has 0 bridgehead atoms. The number of carbonyl (C=O) groups is 1. The number of anilines is 1. The quantitative estimate of drug-likeness (QED) is 0.792. The maximum atomic E-state index is 13.4. The Kier molecular flexibility index (Phi) is 4.49. The number of benzene rings is 1. The Morgan fingerprint density at radius 1 is 1.41 bits per heavy atom. The molecule has 0 aromatic heterocycles. The van der Waals surface area contributed by atoms with Gasteiger partial charge in [0.25, 0.3) is 5.91 Å². The van der Waals surface area contributed by atoms with Crippen LogP contribution in [-0.2, 0) is 0 Å². The minimum absolute atomic E-state index is 0.000561. The molecule has 0 saturated heterocycles. The first-order valence-electron chi connectivity index (χ1n) is 5.76. The summed E-state index contributed by atoms with van der Waals surface area (Å²) in [5.41, 5.74) is 5.91. The molecule has 1 aromatic carbocycles. The minimum Gasteiger partial charge on any atom is -0.399 e. The number of rotatable bonds is 4. The van der Waals surface area contributed by atoms with E-state index in [9.17, 15) is 9.18 Å². The molecule has 0 aliphatic rings. The molecule has 1 aromatic rings. The number of carbonyl (C=O) groups excluding carboxylic acids is 1. The fourth-order valence-electron chi connectivity index (χ4n) is 1.78. The van der Waals surface area contributed by atoms with Gasteiger partial charge >= 0.3 is 0 Å². The molecule has 0 aliphatic carbocycles. The number of hydrogen-bond donors (Lipinski definition) is 2.